The number of nitrogens with zero attached hydrogens (tertiary/aromatic N) is 3. The van der Waals surface area contributed by atoms with Crippen molar-refractivity contribution in [1.29, 1.82) is 0 Å². The maximum atomic E-state index is 5.72. The second-order valence-electron chi connectivity index (χ2n) is 4.52. The average molecular weight is 247 g/mol. The van der Waals surface area contributed by atoms with E-state index in [0.717, 1.165) is 37.4 Å². The van der Waals surface area contributed by atoms with Crippen LogP contribution in [0.5, 0.6) is 0 Å². The van der Waals surface area contributed by atoms with Gasteiger partial charge in [0.2, 0.25) is 5.95 Å². The van der Waals surface area contributed by atoms with Crippen LogP contribution in [-0.4, -0.2) is 28.0 Å². The van der Waals surface area contributed by atoms with E-state index in [-0.39, 0.29) is 0 Å². The summed E-state index contributed by atoms with van der Waals surface area (Å²) >= 11 is 0. The molecule has 1 aliphatic rings. The number of nitrogens with two attached hydrogens (primary N) is 1. The normalized spacial score (nSPS) is 12.8. The third-order valence-electron chi connectivity index (χ3n) is 2.87. The molecule has 0 saturated heterocycles. The third kappa shape index (κ3) is 4.24. The monoisotopic (exact) mass is 247 g/mol. The summed E-state index contributed by atoms with van der Waals surface area (Å²) in [5.74, 6) is 1.19. The molecule has 0 saturated carbocycles. The summed E-state index contributed by atoms with van der Waals surface area (Å²) in [5, 5.41) is 3.27. The van der Waals surface area contributed by atoms with Gasteiger partial charge in [-0.3, -0.25) is 0 Å². The van der Waals surface area contributed by atoms with E-state index in [1.807, 2.05) is 18.5 Å². The summed E-state index contributed by atoms with van der Waals surface area (Å²) in [4.78, 5) is 10.6. The summed E-state index contributed by atoms with van der Waals surface area (Å²) in [7, 11) is 0. The van der Waals surface area contributed by atoms with E-state index in [9.17, 15) is 0 Å². The van der Waals surface area contributed by atoms with E-state index in [1.54, 1.807) is 0 Å². The molecular formula is C13H21N5. The Hall–Kier alpha value is -1.78. The average Bonchev–Trinajstić information content (AvgIpc) is 3.13. The molecule has 1 aromatic heterocycles. The topological polar surface area (TPSA) is 66.8 Å². The van der Waals surface area contributed by atoms with E-state index >= 15 is 0 Å². The summed E-state index contributed by atoms with van der Waals surface area (Å²) in [6, 6.07) is 2.00. The highest BCUT2D eigenvalue weighted by atomic mass is 15.2. The number of anilines is 2. The Morgan fingerprint density at radius 2 is 2.11 bits per heavy atom. The standard InChI is InChI=1S/C13H21N5/c1-2-3-4-5-11-10-12(17-13(14)16-11)15-6-7-18-8-9-18/h8-10H,2-7H2,1H3,(H3,14,15,16,17). The molecule has 5 nitrogen and oxygen atoms in total. The molecule has 2 rings (SSSR count). The maximum Gasteiger partial charge on any atom is 0.222 e. The zero-order chi connectivity index (χ0) is 12.8. The van der Waals surface area contributed by atoms with Crippen LogP contribution in [0.2, 0.25) is 0 Å². The molecule has 5 heteroatoms. The lowest BCUT2D eigenvalue weighted by atomic mass is 10.1. The molecule has 0 spiro atoms. The van der Waals surface area contributed by atoms with Crippen molar-refractivity contribution in [2.24, 2.45) is 0 Å². The van der Waals surface area contributed by atoms with Crippen LogP contribution in [0.4, 0.5) is 11.8 Å². The van der Waals surface area contributed by atoms with Crippen LogP contribution in [0.25, 0.3) is 0 Å². The van der Waals surface area contributed by atoms with Crippen molar-refractivity contribution in [3.8, 4) is 0 Å². The first-order valence-electron chi connectivity index (χ1n) is 6.59. The van der Waals surface area contributed by atoms with Gasteiger partial charge in [0.15, 0.2) is 0 Å². The number of aromatic nitrogens is 2. The Labute approximate surface area is 108 Å². The van der Waals surface area contributed by atoms with Crippen LogP contribution in [-0.2, 0) is 6.42 Å². The molecule has 0 amide bonds. The summed E-state index contributed by atoms with van der Waals surface area (Å²) < 4.78 is 0. The van der Waals surface area contributed by atoms with E-state index in [0.29, 0.717) is 5.95 Å². The zero-order valence-corrected chi connectivity index (χ0v) is 10.9. The van der Waals surface area contributed by atoms with E-state index in [1.165, 1.54) is 12.8 Å². The number of hydrogen-bond donors (Lipinski definition) is 2. The van der Waals surface area contributed by atoms with E-state index < -0.39 is 0 Å². The maximum absolute atomic E-state index is 5.72. The molecule has 0 fully saturated rings. The van der Waals surface area contributed by atoms with Crippen LogP contribution >= 0.6 is 0 Å². The number of unbranched alkanes of at least 4 members (excludes halogenated alkanes) is 2. The molecule has 0 aromatic carbocycles. The van der Waals surface area contributed by atoms with Crippen molar-refractivity contribution < 1.29 is 0 Å². The first-order chi connectivity index (χ1) is 8.78. The Balaban J connectivity index is 1.83. The van der Waals surface area contributed by atoms with Gasteiger partial charge in [0.1, 0.15) is 5.82 Å². The highest BCUT2D eigenvalue weighted by Gasteiger charge is 2.05. The Morgan fingerprint density at radius 1 is 1.28 bits per heavy atom. The summed E-state index contributed by atoms with van der Waals surface area (Å²) in [6.45, 7) is 4.02. The zero-order valence-electron chi connectivity index (χ0n) is 10.9. The van der Waals surface area contributed by atoms with Gasteiger partial charge in [-0.15, -0.1) is 0 Å². The number of nitrogens with one attached hydrogen (secondary N) is 1. The van der Waals surface area contributed by atoms with Crippen LogP contribution in [0.1, 0.15) is 31.9 Å². The highest BCUT2D eigenvalue weighted by molar-refractivity contribution is 5.40. The minimum Gasteiger partial charge on any atom is -0.368 e. The fraction of sp³-hybridized carbons (Fsp3) is 0.538. The minimum absolute atomic E-state index is 0.358. The molecule has 3 N–H and O–H groups in total. The van der Waals surface area contributed by atoms with Crippen LogP contribution in [0, 0.1) is 0 Å². The van der Waals surface area contributed by atoms with Gasteiger partial charge in [-0.25, -0.2) is 4.98 Å². The lowest BCUT2D eigenvalue weighted by molar-refractivity contribution is 0.624. The van der Waals surface area contributed by atoms with Crippen molar-refractivity contribution in [1.82, 2.24) is 14.9 Å². The summed E-state index contributed by atoms with van der Waals surface area (Å²) in [6.07, 6.45) is 8.67. The number of hydrogen-bond acceptors (Lipinski definition) is 5. The first-order valence-corrected chi connectivity index (χ1v) is 6.59. The fourth-order valence-electron chi connectivity index (χ4n) is 1.80. The van der Waals surface area contributed by atoms with Gasteiger partial charge in [0.05, 0.1) is 0 Å². The quantitative estimate of drug-likeness (QED) is 0.688. The number of aryl methyl sites for hydroxylation is 1. The lowest BCUT2D eigenvalue weighted by Crippen LogP contribution is -2.14. The summed E-state index contributed by atoms with van der Waals surface area (Å²) in [5.41, 5.74) is 6.75. The Kier molecular flexibility index (Phi) is 4.39. The Bertz CT molecular complexity index is 410. The second kappa shape index (κ2) is 6.23. The minimum atomic E-state index is 0.358. The second-order valence-corrected chi connectivity index (χ2v) is 4.52. The molecule has 18 heavy (non-hydrogen) atoms. The molecule has 0 atom stereocenters. The van der Waals surface area contributed by atoms with Crippen molar-refractivity contribution >= 4 is 11.8 Å². The van der Waals surface area contributed by atoms with Crippen molar-refractivity contribution in [2.75, 3.05) is 24.1 Å². The SMILES string of the molecule is CCCCCc1cc(NCCN2C=C2)nc(N)n1. The molecular weight excluding hydrogens is 226 g/mol. The van der Waals surface area contributed by atoms with Crippen molar-refractivity contribution in [3.05, 3.63) is 24.2 Å². The predicted molar refractivity (Wildman–Crippen MR) is 74.0 cm³/mol. The van der Waals surface area contributed by atoms with Gasteiger partial charge < -0.3 is 16.0 Å². The van der Waals surface area contributed by atoms with Crippen molar-refractivity contribution in [3.63, 3.8) is 0 Å². The molecule has 1 aliphatic heterocycles. The van der Waals surface area contributed by atoms with Gasteiger partial charge in [0.25, 0.3) is 0 Å². The van der Waals surface area contributed by atoms with Crippen LogP contribution < -0.4 is 11.1 Å². The van der Waals surface area contributed by atoms with E-state index in [2.05, 4.69) is 27.1 Å². The lowest BCUT2D eigenvalue weighted by Gasteiger charge is -2.09. The molecule has 0 unspecified atom stereocenters. The van der Waals surface area contributed by atoms with Gasteiger partial charge in [0, 0.05) is 37.2 Å². The van der Waals surface area contributed by atoms with Gasteiger partial charge in [-0.2, -0.15) is 4.98 Å². The predicted octanol–water partition coefficient (Wildman–Crippen LogP) is 1.99. The smallest absolute Gasteiger partial charge is 0.222 e. The molecule has 1 aromatic rings. The van der Waals surface area contributed by atoms with Crippen molar-refractivity contribution in [2.45, 2.75) is 32.6 Å². The highest BCUT2D eigenvalue weighted by Crippen LogP contribution is 2.12. The fourth-order valence-corrected chi connectivity index (χ4v) is 1.80. The number of nitrogen functional groups attached to an aromatic ring is 1. The largest absolute Gasteiger partial charge is 0.368 e. The van der Waals surface area contributed by atoms with E-state index in [4.69, 9.17) is 5.73 Å². The molecule has 0 aliphatic carbocycles. The molecule has 0 radical (unpaired) electrons. The Morgan fingerprint density at radius 3 is 2.83 bits per heavy atom. The third-order valence-corrected chi connectivity index (χ3v) is 2.87. The molecule has 2 heterocycles. The van der Waals surface area contributed by atoms with Gasteiger partial charge >= 0.3 is 0 Å². The van der Waals surface area contributed by atoms with Gasteiger partial charge in [-0.05, 0) is 12.8 Å². The first kappa shape index (κ1) is 12.7. The number of rotatable bonds is 8. The molecule has 0 bridgehead atoms. The van der Waals surface area contributed by atoms with Crippen LogP contribution in [0.3, 0.4) is 0 Å². The molecule has 98 valence electrons. The van der Waals surface area contributed by atoms with Crippen LogP contribution in [0.15, 0.2) is 18.5 Å². The van der Waals surface area contributed by atoms with Gasteiger partial charge in [-0.1, -0.05) is 19.8 Å².